The molecule has 5 nitrogen and oxygen atoms in total. The molecule has 1 aliphatic rings. The largest absolute Gasteiger partial charge is 0.494 e. The number of aliphatic hydroxyl groups is 1. The Morgan fingerprint density at radius 3 is 2.27 bits per heavy atom. The minimum Gasteiger partial charge on any atom is -0.494 e. The molecular weight excluding hydrogens is 380 g/mol. The van der Waals surface area contributed by atoms with Crippen LogP contribution in [0.1, 0.15) is 73.1 Å². The maximum atomic E-state index is 12.5. The summed E-state index contributed by atoms with van der Waals surface area (Å²) in [5, 5.41) is 10.7. The monoisotopic (exact) mass is 422 g/mol. The molecule has 0 fully saturated rings. The van der Waals surface area contributed by atoms with E-state index in [1.165, 1.54) is 25.4 Å². The van der Waals surface area contributed by atoms with Gasteiger partial charge in [-0.05, 0) is 66.2 Å². The van der Waals surface area contributed by atoms with Gasteiger partial charge in [0.1, 0.15) is 6.10 Å². The van der Waals surface area contributed by atoms with Gasteiger partial charge in [-0.25, -0.2) is 0 Å². The summed E-state index contributed by atoms with van der Waals surface area (Å²) < 4.78 is 15.9. The Bertz CT molecular complexity index is 656. The van der Waals surface area contributed by atoms with Crippen molar-refractivity contribution in [1.82, 2.24) is 0 Å². The molecule has 0 heterocycles. The third-order valence-corrected chi connectivity index (χ3v) is 6.27. The van der Waals surface area contributed by atoms with Crippen LogP contribution in [0.15, 0.2) is 34.8 Å². The molecule has 1 aliphatic carbocycles. The summed E-state index contributed by atoms with van der Waals surface area (Å²) in [7, 11) is 4.66. The highest BCUT2D eigenvalue weighted by Gasteiger charge is 2.42. The molecule has 0 bridgehead atoms. The fourth-order valence-corrected chi connectivity index (χ4v) is 3.86. The van der Waals surface area contributed by atoms with Crippen molar-refractivity contribution in [2.75, 3.05) is 21.3 Å². The van der Waals surface area contributed by atoms with Crippen LogP contribution in [0.25, 0.3) is 0 Å². The van der Waals surface area contributed by atoms with E-state index in [9.17, 15) is 9.90 Å². The molecule has 0 radical (unpaired) electrons. The Hall–Kier alpha value is -1.59. The van der Waals surface area contributed by atoms with E-state index in [0.717, 1.165) is 32.1 Å². The maximum Gasteiger partial charge on any atom is 0.204 e. The van der Waals surface area contributed by atoms with Crippen LogP contribution >= 0.6 is 0 Å². The predicted octanol–water partition coefficient (Wildman–Crippen LogP) is 5.34. The van der Waals surface area contributed by atoms with E-state index >= 15 is 0 Å². The van der Waals surface area contributed by atoms with Crippen LogP contribution < -0.4 is 0 Å². The summed E-state index contributed by atoms with van der Waals surface area (Å²) in [4.78, 5) is 12.5. The highest BCUT2D eigenvalue weighted by Crippen LogP contribution is 2.35. The van der Waals surface area contributed by atoms with Crippen molar-refractivity contribution in [3.05, 3.63) is 34.8 Å². The van der Waals surface area contributed by atoms with Crippen molar-refractivity contribution in [3.63, 3.8) is 0 Å². The van der Waals surface area contributed by atoms with Gasteiger partial charge in [0.2, 0.25) is 11.5 Å². The number of allylic oxidation sites excluding steroid dienone is 5. The second-order valence-electron chi connectivity index (χ2n) is 9.06. The lowest BCUT2D eigenvalue weighted by Crippen LogP contribution is -2.40. The quantitative estimate of drug-likeness (QED) is 0.430. The first-order valence-electron chi connectivity index (χ1n) is 11.0. The summed E-state index contributed by atoms with van der Waals surface area (Å²) in [5.74, 6) is -0.235. The normalized spacial score (nSPS) is 23.8. The summed E-state index contributed by atoms with van der Waals surface area (Å²) in [6.45, 7) is 10.4. The lowest BCUT2D eigenvalue weighted by Gasteiger charge is -2.33. The van der Waals surface area contributed by atoms with Crippen molar-refractivity contribution in [3.8, 4) is 0 Å². The van der Waals surface area contributed by atoms with Crippen LogP contribution in [0.5, 0.6) is 0 Å². The Kier molecular flexibility index (Phi) is 10.9. The Morgan fingerprint density at radius 2 is 1.70 bits per heavy atom. The van der Waals surface area contributed by atoms with Gasteiger partial charge in [-0.1, -0.05) is 30.2 Å². The minimum absolute atomic E-state index is 0.0519. The zero-order chi connectivity index (χ0) is 22.9. The molecule has 0 aromatic rings. The second kappa shape index (κ2) is 12.3. The van der Waals surface area contributed by atoms with Crippen LogP contribution in [0, 0.1) is 11.8 Å². The average Bonchev–Trinajstić information content (AvgIpc) is 2.70. The second-order valence-corrected chi connectivity index (χ2v) is 9.06. The predicted molar refractivity (Wildman–Crippen MR) is 121 cm³/mol. The van der Waals surface area contributed by atoms with E-state index in [4.69, 9.17) is 14.2 Å². The van der Waals surface area contributed by atoms with Crippen LogP contribution in [0.2, 0.25) is 0 Å². The van der Waals surface area contributed by atoms with Gasteiger partial charge in [0.05, 0.1) is 19.8 Å². The van der Waals surface area contributed by atoms with E-state index in [2.05, 4.69) is 39.8 Å². The zero-order valence-electron chi connectivity index (χ0n) is 20.2. The fourth-order valence-electron chi connectivity index (χ4n) is 3.86. The molecule has 0 aromatic carbocycles. The van der Waals surface area contributed by atoms with Crippen molar-refractivity contribution >= 4 is 5.78 Å². The number of ketones is 1. The van der Waals surface area contributed by atoms with Crippen molar-refractivity contribution in [2.24, 2.45) is 11.8 Å². The van der Waals surface area contributed by atoms with Gasteiger partial charge >= 0.3 is 0 Å². The lowest BCUT2D eigenvalue weighted by atomic mass is 9.77. The molecule has 5 heteroatoms. The van der Waals surface area contributed by atoms with Gasteiger partial charge in [-0.2, -0.15) is 0 Å². The van der Waals surface area contributed by atoms with Crippen molar-refractivity contribution < 1.29 is 24.1 Å². The molecular formula is C25H42O5. The first-order valence-corrected chi connectivity index (χ1v) is 11.0. The topological polar surface area (TPSA) is 65.0 Å². The maximum absolute atomic E-state index is 12.5. The number of rotatable bonds is 12. The van der Waals surface area contributed by atoms with Gasteiger partial charge in [0.15, 0.2) is 5.76 Å². The molecule has 0 aliphatic heterocycles. The molecule has 0 amide bonds. The van der Waals surface area contributed by atoms with E-state index in [0.29, 0.717) is 6.42 Å². The van der Waals surface area contributed by atoms with E-state index in [1.807, 2.05) is 6.92 Å². The molecule has 0 spiro atoms. The zero-order valence-corrected chi connectivity index (χ0v) is 20.2. The molecule has 0 aromatic heterocycles. The van der Waals surface area contributed by atoms with Crippen LogP contribution in [0.4, 0.5) is 0 Å². The van der Waals surface area contributed by atoms with Crippen LogP contribution in [0.3, 0.4) is 0 Å². The van der Waals surface area contributed by atoms with Crippen LogP contribution in [-0.2, 0) is 19.0 Å². The molecule has 0 saturated carbocycles. The number of carbonyl (C=O) groups excluding carboxylic acids is 1. The van der Waals surface area contributed by atoms with E-state index in [1.54, 1.807) is 7.11 Å². The third kappa shape index (κ3) is 7.59. The number of carbonyl (C=O) groups is 1. The molecule has 0 unspecified atom stereocenters. The highest BCUT2D eigenvalue weighted by molar-refractivity contribution is 5.97. The Balaban J connectivity index is 2.57. The summed E-state index contributed by atoms with van der Waals surface area (Å²) >= 11 is 0. The number of hydrogen-bond donors (Lipinski definition) is 1. The Labute approximate surface area is 183 Å². The van der Waals surface area contributed by atoms with Gasteiger partial charge in [-0.3, -0.25) is 4.79 Å². The fraction of sp³-hybridized carbons (Fsp3) is 0.720. The van der Waals surface area contributed by atoms with Crippen LogP contribution in [-0.4, -0.2) is 43.9 Å². The standard InChI is InChI=1S/C25H42O5/c1-17(13-10-16-25(4,5)30-8)11-9-12-18(2)14-15-20-19(3)21(26)23(28-6)24(29-7)22(20)27/h11,14,19-20,22,27H,9-10,12-13,15-16H2,1-8H3/b17-11+,18-14+/t19-,20-,22-/m1/s1. The van der Waals surface area contributed by atoms with Gasteiger partial charge < -0.3 is 19.3 Å². The first-order chi connectivity index (χ1) is 14.1. The van der Waals surface area contributed by atoms with Gasteiger partial charge in [0, 0.05) is 18.9 Å². The molecule has 0 saturated heterocycles. The number of ether oxygens (including phenoxy) is 3. The smallest absolute Gasteiger partial charge is 0.204 e. The molecule has 3 atom stereocenters. The summed E-state index contributed by atoms with van der Waals surface area (Å²) in [5.41, 5.74) is 2.63. The van der Waals surface area contributed by atoms with E-state index in [-0.39, 0.29) is 34.7 Å². The van der Waals surface area contributed by atoms with E-state index < -0.39 is 6.10 Å². The lowest BCUT2D eigenvalue weighted by molar-refractivity contribution is -0.128. The van der Waals surface area contributed by atoms with Crippen molar-refractivity contribution in [1.29, 1.82) is 0 Å². The summed E-state index contributed by atoms with van der Waals surface area (Å²) in [6.07, 6.45) is 9.51. The number of hydrogen-bond acceptors (Lipinski definition) is 5. The summed E-state index contributed by atoms with van der Waals surface area (Å²) in [6, 6.07) is 0. The van der Waals surface area contributed by atoms with Gasteiger partial charge in [-0.15, -0.1) is 0 Å². The SMILES string of the molecule is COC1=C(OC)[C@H](O)[C@H](C/C=C(\C)CC/C=C(\C)CCCC(C)(C)OC)[C@@H](C)C1=O. The minimum atomic E-state index is -0.833. The first kappa shape index (κ1) is 26.4. The van der Waals surface area contributed by atoms with Crippen molar-refractivity contribution in [2.45, 2.75) is 84.8 Å². The average molecular weight is 423 g/mol. The highest BCUT2D eigenvalue weighted by atomic mass is 16.5. The number of Topliss-reactive ketones (excluding diaryl/α,β-unsaturated/α-hetero) is 1. The van der Waals surface area contributed by atoms with Gasteiger partial charge in [0.25, 0.3) is 0 Å². The molecule has 1 N–H and O–H groups in total. The third-order valence-electron chi connectivity index (χ3n) is 6.27. The Morgan fingerprint density at radius 1 is 1.07 bits per heavy atom. The molecule has 172 valence electrons. The molecule has 30 heavy (non-hydrogen) atoms. The number of methoxy groups -OCH3 is 3. The molecule has 1 rings (SSSR count). The number of aliphatic hydroxyl groups excluding tert-OH is 1.